The molecule has 0 fully saturated rings. The highest BCUT2D eigenvalue weighted by molar-refractivity contribution is 5.41. The van der Waals surface area contributed by atoms with Crippen molar-refractivity contribution in [1.29, 1.82) is 0 Å². The molecule has 0 bridgehead atoms. The number of hydrogen-bond acceptors (Lipinski definition) is 2. The van der Waals surface area contributed by atoms with Gasteiger partial charge in [0.1, 0.15) is 0 Å². The highest BCUT2D eigenvalue weighted by Gasteiger charge is 2.15. The van der Waals surface area contributed by atoms with Crippen LogP contribution in [0.3, 0.4) is 0 Å². The van der Waals surface area contributed by atoms with Crippen molar-refractivity contribution in [2.24, 2.45) is 0 Å². The second-order valence-electron chi connectivity index (χ2n) is 4.54. The van der Waals surface area contributed by atoms with Gasteiger partial charge in [0.15, 0.2) is 0 Å². The van der Waals surface area contributed by atoms with Crippen LogP contribution in [0.15, 0.2) is 85.2 Å². The Morgan fingerprint density at radius 1 is 0.600 bits per heavy atom. The Bertz CT molecular complexity index is 527. The monoisotopic (exact) mass is 262 g/mol. The van der Waals surface area contributed by atoms with Crippen LogP contribution in [-0.4, -0.2) is 4.98 Å². The van der Waals surface area contributed by atoms with Gasteiger partial charge in [0.2, 0.25) is 0 Å². The van der Waals surface area contributed by atoms with E-state index in [1.54, 1.807) is 0 Å². The van der Waals surface area contributed by atoms with Crippen molar-refractivity contribution < 1.29 is 0 Å². The van der Waals surface area contributed by atoms with Crippen LogP contribution in [-0.2, 0) is 0 Å². The van der Waals surface area contributed by atoms with Crippen LogP contribution >= 0.6 is 0 Å². The standard InChI is InChI=1S/C18H15N.H3N/c1-3-8-15(9-4-1)18(16-10-5-2-6-11-16)17-12-7-13-19-14-17;/h1-14,18H;1H3. The average molecular weight is 262 g/mol. The van der Waals surface area contributed by atoms with Gasteiger partial charge in [0.05, 0.1) is 0 Å². The smallest absolute Gasteiger partial charge is 0.0355 e. The highest BCUT2D eigenvalue weighted by Crippen LogP contribution is 2.30. The van der Waals surface area contributed by atoms with Gasteiger partial charge in [0.25, 0.3) is 0 Å². The Hall–Kier alpha value is -2.45. The summed E-state index contributed by atoms with van der Waals surface area (Å²) in [5.74, 6) is 0.246. The third-order valence-electron chi connectivity index (χ3n) is 3.28. The first kappa shape index (κ1) is 14.0. The predicted octanol–water partition coefficient (Wildman–Crippen LogP) is 4.42. The second-order valence-corrected chi connectivity index (χ2v) is 4.54. The SMILES string of the molecule is N.c1ccc(C(c2ccccc2)c2cccnc2)cc1. The van der Waals surface area contributed by atoms with Crippen LogP contribution in [0, 0.1) is 0 Å². The van der Waals surface area contributed by atoms with Gasteiger partial charge in [0, 0.05) is 18.3 Å². The van der Waals surface area contributed by atoms with Gasteiger partial charge >= 0.3 is 0 Å². The van der Waals surface area contributed by atoms with Gasteiger partial charge in [-0.2, -0.15) is 0 Å². The third kappa shape index (κ3) is 2.92. The maximum Gasteiger partial charge on any atom is 0.0355 e. The molecule has 0 aliphatic rings. The molecule has 3 aromatic rings. The molecule has 3 rings (SSSR count). The minimum Gasteiger partial charge on any atom is -0.344 e. The van der Waals surface area contributed by atoms with E-state index in [9.17, 15) is 0 Å². The van der Waals surface area contributed by atoms with E-state index in [0.29, 0.717) is 0 Å². The van der Waals surface area contributed by atoms with Crippen molar-refractivity contribution >= 4 is 0 Å². The number of hydrogen-bond donors (Lipinski definition) is 1. The molecule has 0 radical (unpaired) electrons. The maximum atomic E-state index is 4.26. The lowest BCUT2D eigenvalue weighted by atomic mass is 9.86. The maximum absolute atomic E-state index is 4.26. The van der Waals surface area contributed by atoms with Crippen LogP contribution in [0.4, 0.5) is 0 Å². The molecular formula is C18H18N2. The first-order chi connectivity index (χ1) is 9.45. The van der Waals surface area contributed by atoms with Gasteiger partial charge in [-0.1, -0.05) is 66.7 Å². The minimum atomic E-state index is 0. The van der Waals surface area contributed by atoms with Gasteiger partial charge in [-0.3, -0.25) is 4.98 Å². The van der Waals surface area contributed by atoms with Gasteiger partial charge in [-0.25, -0.2) is 0 Å². The number of pyridine rings is 1. The van der Waals surface area contributed by atoms with E-state index in [1.807, 2.05) is 18.5 Å². The van der Waals surface area contributed by atoms with Crippen molar-refractivity contribution in [2.75, 3.05) is 0 Å². The second kappa shape index (κ2) is 6.64. The molecule has 0 atom stereocenters. The molecule has 0 aliphatic carbocycles. The first-order valence-electron chi connectivity index (χ1n) is 6.45. The molecular weight excluding hydrogens is 244 g/mol. The summed E-state index contributed by atoms with van der Waals surface area (Å²) in [5, 5.41) is 0. The zero-order valence-corrected chi connectivity index (χ0v) is 11.3. The minimum absolute atomic E-state index is 0. The summed E-state index contributed by atoms with van der Waals surface area (Å²) in [6, 6.07) is 25.3. The Morgan fingerprint density at radius 3 is 1.55 bits per heavy atom. The molecule has 1 heterocycles. The molecule has 1 aromatic heterocycles. The van der Waals surface area contributed by atoms with Crippen molar-refractivity contribution in [3.63, 3.8) is 0 Å². The van der Waals surface area contributed by atoms with Crippen LogP contribution in [0.5, 0.6) is 0 Å². The van der Waals surface area contributed by atoms with Gasteiger partial charge < -0.3 is 6.15 Å². The summed E-state index contributed by atoms with van der Waals surface area (Å²) in [5.41, 5.74) is 3.81. The van der Waals surface area contributed by atoms with Gasteiger partial charge in [-0.05, 0) is 22.8 Å². The molecule has 0 unspecified atom stereocenters. The van der Waals surface area contributed by atoms with E-state index < -0.39 is 0 Å². The van der Waals surface area contributed by atoms with Crippen LogP contribution < -0.4 is 6.15 Å². The van der Waals surface area contributed by atoms with E-state index in [0.717, 1.165) is 0 Å². The molecule has 0 amide bonds. The largest absolute Gasteiger partial charge is 0.344 e. The van der Waals surface area contributed by atoms with Crippen LogP contribution in [0.1, 0.15) is 22.6 Å². The molecule has 0 saturated carbocycles. The Morgan fingerprint density at radius 2 is 1.10 bits per heavy atom. The van der Waals surface area contributed by atoms with Crippen LogP contribution in [0.25, 0.3) is 0 Å². The summed E-state index contributed by atoms with van der Waals surface area (Å²) >= 11 is 0. The molecule has 3 N–H and O–H groups in total. The Balaban J connectivity index is 0.00000147. The van der Waals surface area contributed by atoms with Crippen molar-refractivity contribution in [1.82, 2.24) is 11.1 Å². The van der Waals surface area contributed by atoms with Crippen molar-refractivity contribution in [3.8, 4) is 0 Å². The van der Waals surface area contributed by atoms with Gasteiger partial charge in [-0.15, -0.1) is 0 Å². The molecule has 100 valence electrons. The quantitative estimate of drug-likeness (QED) is 0.759. The summed E-state index contributed by atoms with van der Waals surface area (Å²) in [7, 11) is 0. The molecule has 20 heavy (non-hydrogen) atoms. The fourth-order valence-corrected chi connectivity index (χ4v) is 2.42. The van der Waals surface area contributed by atoms with E-state index in [2.05, 4.69) is 71.7 Å². The summed E-state index contributed by atoms with van der Waals surface area (Å²) in [4.78, 5) is 4.26. The normalized spacial score (nSPS) is 10.1. The Labute approximate surface area is 119 Å². The summed E-state index contributed by atoms with van der Waals surface area (Å²) in [6.45, 7) is 0. The zero-order valence-electron chi connectivity index (χ0n) is 11.3. The van der Waals surface area contributed by atoms with Crippen LogP contribution in [0.2, 0.25) is 0 Å². The lowest BCUT2D eigenvalue weighted by molar-refractivity contribution is 0.963. The van der Waals surface area contributed by atoms with E-state index in [4.69, 9.17) is 0 Å². The van der Waals surface area contributed by atoms with Crippen molar-refractivity contribution in [3.05, 3.63) is 102 Å². The third-order valence-corrected chi connectivity index (χ3v) is 3.28. The zero-order chi connectivity index (χ0) is 12.9. The Kier molecular flexibility index (Phi) is 4.64. The molecule has 0 saturated heterocycles. The highest BCUT2D eigenvalue weighted by atomic mass is 14.6. The molecule has 2 nitrogen and oxygen atoms in total. The van der Waals surface area contributed by atoms with E-state index in [-0.39, 0.29) is 12.1 Å². The summed E-state index contributed by atoms with van der Waals surface area (Å²) in [6.07, 6.45) is 3.77. The number of nitrogens with zero attached hydrogens (tertiary/aromatic N) is 1. The van der Waals surface area contributed by atoms with E-state index >= 15 is 0 Å². The summed E-state index contributed by atoms with van der Waals surface area (Å²) < 4.78 is 0. The van der Waals surface area contributed by atoms with E-state index in [1.165, 1.54) is 16.7 Å². The molecule has 0 aliphatic heterocycles. The predicted molar refractivity (Wildman–Crippen MR) is 83.1 cm³/mol. The molecule has 2 aromatic carbocycles. The average Bonchev–Trinajstić information content (AvgIpc) is 2.51. The number of rotatable bonds is 3. The topological polar surface area (TPSA) is 47.9 Å². The number of benzene rings is 2. The molecule has 0 spiro atoms. The van der Waals surface area contributed by atoms with Crippen molar-refractivity contribution in [2.45, 2.75) is 5.92 Å². The first-order valence-corrected chi connectivity index (χ1v) is 6.45. The lowest BCUT2D eigenvalue weighted by Crippen LogP contribution is -2.03. The fourth-order valence-electron chi connectivity index (χ4n) is 2.42. The molecule has 2 heteroatoms. The lowest BCUT2D eigenvalue weighted by Gasteiger charge is -2.18. The fraction of sp³-hybridized carbons (Fsp3) is 0.0556. The number of aromatic nitrogens is 1.